The largest absolute Gasteiger partial charge is 0.368 e. The molecule has 0 aromatic heterocycles. The molecule has 2 aromatic rings. The van der Waals surface area contributed by atoms with E-state index < -0.39 is 28.6 Å². The summed E-state index contributed by atoms with van der Waals surface area (Å²) in [6.07, 6.45) is 1.24. The summed E-state index contributed by atoms with van der Waals surface area (Å²) in [4.78, 5) is 51.3. The van der Waals surface area contributed by atoms with E-state index >= 15 is 0 Å². The van der Waals surface area contributed by atoms with Crippen molar-refractivity contribution in [1.82, 2.24) is 10.6 Å². The maximum atomic E-state index is 13.3. The summed E-state index contributed by atoms with van der Waals surface area (Å²) >= 11 is 0. The lowest BCUT2D eigenvalue weighted by Gasteiger charge is -2.31. The summed E-state index contributed by atoms with van der Waals surface area (Å²) in [5, 5.41) is 16.6. The summed E-state index contributed by atoms with van der Waals surface area (Å²) < 4.78 is 13.3. The van der Waals surface area contributed by atoms with Crippen molar-refractivity contribution in [3.63, 3.8) is 0 Å². The fraction of sp³-hybridized carbons (Fsp3) is 0.190. The first kappa shape index (κ1) is 21.1. The highest BCUT2D eigenvalue weighted by Crippen LogP contribution is 2.30. The SMILES string of the molecule is O=C1NC(=O)N(c2ccc(F)cc2)C(=O)/C1=C\c1cc([N+](=O)[O-])ccc1N1CCNCC1. The summed E-state index contributed by atoms with van der Waals surface area (Å²) in [5.41, 5.74) is 0.425. The van der Waals surface area contributed by atoms with Gasteiger partial charge in [0.15, 0.2) is 0 Å². The molecule has 0 spiro atoms. The molecule has 11 heteroatoms. The number of amides is 4. The van der Waals surface area contributed by atoms with Crippen LogP contribution in [0.15, 0.2) is 48.0 Å². The van der Waals surface area contributed by atoms with Crippen LogP contribution in [0.4, 0.5) is 26.2 Å². The fourth-order valence-corrected chi connectivity index (χ4v) is 3.60. The van der Waals surface area contributed by atoms with E-state index in [1.165, 1.54) is 30.3 Å². The molecule has 10 nitrogen and oxygen atoms in total. The predicted octanol–water partition coefficient (Wildman–Crippen LogP) is 1.81. The Morgan fingerprint density at radius 3 is 2.38 bits per heavy atom. The Bertz CT molecular complexity index is 1140. The zero-order chi connectivity index (χ0) is 22.8. The van der Waals surface area contributed by atoms with Gasteiger partial charge in [-0.05, 0) is 36.4 Å². The topological polar surface area (TPSA) is 125 Å². The van der Waals surface area contributed by atoms with Crippen molar-refractivity contribution in [1.29, 1.82) is 0 Å². The van der Waals surface area contributed by atoms with Crippen molar-refractivity contribution >= 4 is 41.0 Å². The molecular formula is C21H18FN5O5. The Morgan fingerprint density at radius 2 is 1.72 bits per heavy atom. The zero-order valence-corrected chi connectivity index (χ0v) is 16.7. The number of hydrogen-bond donors (Lipinski definition) is 2. The summed E-state index contributed by atoms with van der Waals surface area (Å²) in [6, 6.07) is 7.88. The third-order valence-corrected chi connectivity index (χ3v) is 5.17. The van der Waals surface area contributed by atoms with Crippen LogP contribution < -0.4 is 20.4 Å². The van der Waals surface area contributed by atoms with Crippen LogP contribution in [0, 0.1) is 15.9 Å². The predicted molar refractivity (Wildman–Crippen MR) is 114 cm³/mol. The van der Waals surface area contributed by atoms with Gasteiger partial charge >= 0.3 is 6.03 Å². The lowest BCUT2D eigenvalue weighted by atomic mass is 10.0. The van der Waals surface area contributed by atoms with Gasteiger partial charge in [0.05, 0.1) is 10.6 Å². The Balaban J connectivity index is 1.78. The molecule has 0 bridgehead atoms. The molecule has 2 aliphatic rings. The van der Waals surface area contributed by atoms with E-state index in [1.54, 1.807) is 6.07 Å². The average molecular weight is 439 g/mol. The van der Waals surface area contributed by atoms with E-state index in [-0.39, 0.29) is 16.9 Å². The Labute approximate surface area is 181 Å². The maximum absolute atomic E-state index is 13.3. The number of nitrogens with zero attached hydrogens (tertiary/aromatic N) is 3. The van der Waals surface area contributed by atoms with Crippen LogP contribution in [0.1, 0.15) is 5.56 Å². The third-order valence-electron chi connectivity index (χ3n) is 5.17. The Kier molecular flexibility index (Phi) is 5.65. The van der Waals surface area contributed by atoms with Crippen LogP contribution in [0.25, 0.3) is 6.08 Å². The van der Waals surface area contributed by atoms with Gasteiger partial charge in [0.2, 0.25) is 0 Å². The number of anilines is 2. The van der Waals surface area contributed by atoms with Gasteiger partial charge < -0.3 is 10.2 Å². The van der Waals surface area contributed by atoms with Gasteiger partial charge in [0.1, 0.15) is 11.4 Å². The van der Waals surface area contributed by atoms with Crippen LogP contribution >= 0.6 is 0 Å². The lowest BCUT2D eigenvalue weighted by Crippen LogP contribution is -2.54. The molecule has 0 aliphatic carbocycles. The standard InChI is InChI=1S/C21H18FN5O5/c22-14-1-3-15(4-2-14)26-20(29)17(19(28)24-21(26)30)12-13-11-16(27(31)32)5-6-18(13)25-9-7-23-8-10-25/h1-6,11-12,23H,7-10H2,(H,24,28,30)/b17-12-. The third kappa shape index (κ3) is 4.05. The summed E-state index contributed by atoms with van der Waals surface area (Å²) in [5.74, 6) is -2.39. The van der Waals surface area contributed by atoms with E-state index in [4.69, 9.17) is 0 Å². The number of halogens is 1. The molecule has 2 heterocycles. The number of carbonyl (C=O) groups excluding carboxylic acids is 3. The summed E-state index contributed by atoms with van der Waals surface area (Å²) in [7, 11) is 0. The van der Waals surface area contributed by atoms with E-state index in [9.17, 15) is 28.9 Å². The number of nitrogens with one attached hydrogen (secondary N) is 2. The molecule has 0 saturated carbocycles. The molecule has 0 atom stereocenters. The van der Waals surface area contributed by atoms with Crippen LogP contribution in [-0.2, 0) is 9.59 Å². The first-order valence-corrected chi connectivity index (χ1v) is 9.76. The van der Waals surface area contributed by atoms with E-state index in [0.29, 0.717) is 42.3 Å². The number of barbiturate groups is 1. The number of imide groups is 2. The molecule has 2 aliphatic heterocycles. The van der Waals surface area contributed by atoms with Gasteiger partial charge in [-0.3, -0.25) is 25.0 Å². The lowest BCUT2D eigenvalue weighted by molar-refractivity contribution is -0.384. The second-order valence-electron chi connectivity index (χ2n) is 7.17. The van der Waals surface area contributed by atoms with Crippen molar-refractivity contribution in [2.24, 2.45) is 0 Å². The smallest absolute Gasteiger partial charge is 0.335 e. The number of benzene rings is 2. The zero-order valence-electron chi connectivity index (χ0n) is 16.7. The first-order chi connectivity index (χ1) is 15.3. The Hall–Kier alpha value is -4.12. The minimum atomic E-state index is -0.967. The van der Waals surface area contributed by atoms with Crippen molar-refractivity contribution < 1.29 is 23.7 Å². The van der Waals surface area contributed by atoms with Gasteiger partial charge in [0, 0.05) is 49.6 Å². The number of piperazine rings is 1. The molecular weight excluding hydrogens is 421 g/mol. The highest BCUT2D eigenvalue weighted by atomic mass is 19.1. The number of non-ortho nitro benzene ring substituents is 1. The quantitative estimate of drug-likeness (QED) is 0.322. The average Bonchev–Trinajstić information content (AvgIpc) is 2.78. The number of carbonyl (C=O) groups is 3. The van der Waals surface area contributed by atoms with E-state index in [1.807, 2.05) is 4.90 Å². The van der Waals surface area contributed by atoms with Crippen LogP contribution in [0.5, 0.6) is 0 Å². The number of nitro benzene ring substituents is 1. The van der Waals surface area contributed by atoms with Crippen molar-refractivity contribution in [3.05, 3.63) is 69.5 Å². The van der Waals surface area contributed by atoms with Gasteiger partial charge in [-0.25, -0.2) is 14.1 Å². The molecule has 164 valence electrons. The van der Waals surface area contributed by atoms with Crippen LogP contribution in [0.3, 0.4) is 0 Å². The van der Waals surface area contributed by atoms with Gasteiger partial charge in [0.25, 0.3) is 17.5 Å². The molecule has 2 N–H and O–H groups in total. The second-order valence-corrected chi connectivity index (χ2v) is 7.17. The number of nitro groups is 1. The van der Waals surface area contributed by atoms with Crippen molar-refractivity contribution in [2.45, 2.75) is 0 Å². The van der Waals surface area contributed by atoms with Gasteiger partial charge in [-0.1, -0.05) is 0 Å². The molecule has 0 unspecified atom stereocenters. The van der Waals surface area contributed by atoms with Gasteiger partial charge in [-0.15, -0.1) is 0 Å². The molecule has 32 heavy (non-hydrogen) atoms. The minimum absolute atomic E-state index is 0.0775. The number of hydrogen-bond acceptors (Lipinski definition) is 7. The minimum Gasteiger partial charge on any atom is -0.368 e. The second kappa shape index (κ2) is 8.55. The number of urea groups is 1. The highest BCUT2D eigenvalue weighted by molar-refractivity contribution is 6.39. The van der Waals surface area contributed by atoms with Crippen molar-refractivity contribution in [2.75, 3.05) is 36.0 Å². The molecule has 2 aromatic carbocycles. The van der Waals surface area contributed by atoms with E-state index in [2.05, 4.69) is 10.6 Å². The van der Waals surface area contributed by atoms with Crippen molar-refractivity contribution in [3.8, 4) is 0 Å². The number of rotatable bonds is 4. The normalized spacial score (nSPS) is 18.2. The van der Waals surface area contributed by atoms with Crippen LogP contribution in [0.2, 0.25) is 0 Å². The monoisotopic (exact) mass is 439 g/mol. The van der Waals surface area contributed by atoms with E-state index in [0.717, 1.165) is 12.1 Å². The van der Waals surface area contributed by atoms with Crippen LogP contribution in [-0.4, -0.2) is 48.9 Å². The summed E-state index contributed by atoms with van der Waals surface area (Å²) in [6.45, 7) is 2.68. The first-order valence-electron chi connectivity index (χ1n) is 9.76. The fourth-order valence-electron chi connectivity index (χ4n) is 3.60. The molecule has 2 saturated heterocycles. The molecule has 4 amide bonds. The maximum Gasteiger partial charge on any atom is 0.335 e. The van der Waals surface area contributed by atoms with Gasteiger partial charge in [-0.2, -0.15) is 0 Å². The molecule has 4 rings (SSSR count). The highest BCUT2D eigenvalue weighted by Gasteiger charge is 2.37. The molecule has 2 fully saturated rings. The molecule has 0 radical (unpaired) electrons. The Morgan fingerprint density at radius 1 is 1.03 bits per heavy atom.